The summed E-state index contributed by atoms with van der Waals surface area (Å²) >= 11 is 5.79. The molecule has 0 saturated heterocycles. The lowest BCUT2D eigenvalue weighted by atomic mass is 10.2. The zero-order valence-electron chi connectivity index (χ0n) is 11.9. The number of ether oxygens (including phenoxy) is 1. The second-order valence-corrected chi connectivity index (χ2v) is 4.89. The monoisotopic (exact) mass is 308 g/mol. The molecule has 5 nitrogen and oxygen atoms in total. The first kappa shape index (κ1) is 15.5. The van der Waals surface area contributed by atoms with Crippen molar-refractivity contribution in [2.24, 2.45) is 0 Å². The fourth-order valence-corrected chi connectivity index (χ4v) is 2.09. The van der Waals surface area contributed by atoms with Crippen LogP contribution in [0.3, 0.4) is 0 Å². The fraction of sp³-hybridized carbons (Fsp3) is 0.333. The van der Waals surface area contributed by atoms with Gasteiger partial charge in [-0.1, -0.05) is 18.5 Å². The molecule has 1 N–H and O–H groups in total. The number of pyridine rings is 1. The number of nitrogens with zero attached hydrogens (tertiary/aromatic N) is 1. The molecule has 0 radical (unpaired) electrons. The van der Waals surface area contributed by atoms with E-state index in [0.717, 1.165) is 12.2 Å². The molecule has 0 spiro atoms. The van der Waals surface area contributed by atoms with Crippen LogP contribution in [0.1, 0.15) is 34.8 Å². The molecule has 112 valence electrons. The largest absolute Gasteiger partial charge is 0.464 e. The van der Waals surface area contributed by atoms with E-state index in [1.165, 1.54) is 12.3 Å². The average molecular weight is 309 g/mol. The van der Waals surface area contributed by atoms with Crippen molar-refractivity contribution in [3.8, 4) is 0 Å². The molecule has 0 bridgehead atoms. The molecule has 0 saturated carbocycles. The maximum Gasteiger partial charge on any atom is 0.252 e. The van der Waals surface area contributed by atoms with Gasteiger partial charge in [0.1, 0.15) is 22.7 Å². The van der Waals surface area contributed by atoms with E-state index >= 15 is 0 Å². The Kier molecular flexibility index (Phi) is 5.36. The van der Waals surface area contributed by atoms with Crippen molar-refractivity contribution in [3.05, 3.63) is 52.7 Å². The predicted molar refractivity (Wildman–Crippen MR) is 79.4 cm³/mol. The van der Waals surface area contributed by atoms with E-state index < -0.39 is 0 Å². The first-order valence-electron chi connectivity index (χ1n) is 6.64. The molecular weight excluding hydrogens is 292 g/mol. The van der Waals surface area contributed by atoms with Crippen LogP contribution in [0.5, 0.6) is 0 Å². The number of aromatic nitrogens is 1. The fourth-order valence-electron chi connectivity index (χ4n) is 1.92. The molecular formula is C15H17ClN2O3. The van der Waals surface area contributed by atoms with E-state index in [9.17, 15) is 4.79 Å². The number of carbonyl (C=O) groups excluding carboxylic acids is 1. The van der Waals surface area contributed by atoms with Gasteiger partial charge in [-0.2, -0.15) is 0 Å². The molecule has 21 heavy (non-hydrogen) atoms. The molecule has 0 unspecified atom stereocenters. The number of halogens is 1. The van der Waals surface area contributed by atoms with Gasteiger partial charge in [0, 0.05) is 25.3 Å². The minimum atomic E-state index is -0.352. The highest BCUT2D eigenvalue weighted by atomic mass is 35.5. The van der Waals surface area contributed by atoms with E-state index in [2.05, 4.69) is 10.3 Å². The molecule has 0 aliphatic carbocycles. The Hall–Kier alpha value is -1.85. The number of amides is 1. The van der Waals surface area contributed by atoms with Gasteiger partial charge in [0.05, 0.1) is 6.61 Å². The standard InChI is InChI=1S/C15H17ClN2O3/c1-3-11-4-5-13(21-11)12(9-20-2)18-15(19)10-6-7-17-14(16)8-10/h4-8,12H,3,9H2,1-2H3,(H,18,19)/t12-/m0/s1. The molecule has 2 rings (SSSR count). The SMILES string of the molecule is CCc1ccc([C@H](COC)NC(=O)c2ccnc(Cl)c2)o1. The van der Waals surface area contributed by atoms with Crippen LogP contribution in [-0.2, 0) is 11.2 Å². The molecule has 1 atom stereocenters. The van der Waals surface area contributed by atoms with Gasteiger partial charge in [0.25, 0.3) is 5.91 Å². The van der Waals surface area contributed by atoms with E-state index in [0.29, 0.717) is 17.9 Å². The Bertz CT molecular complexity index is 612. The van der Waals surface area contributed by atoms with Crippen molar-refractivity contribution in [1.29, 1.82) is 0 Å². The van der Waals surface area contributed by atoms with Gasteiger partial charge in [-0.25, -0.2) is 4.98 Å². The molecule has 2 aromatic heterocycles. The number of carbonyl (C=O) groups is 1. The number of furan rings is 1. The summed E-state index contributed by atoms with van der Waals surface area (Å²) < 4.78 is 10.8. The Morgan fingerprint density at radius 3 is 2.90 bits per heavy atom. The van der Waals surface area contributed by atoms with E-state index in [1.54, 1.807) is 13.2 Å². The molecule has 0 aromatic carbocycles. The highest BCUT2D eigenvalue weighted by Gasteiger charge is 2.19. The summed E-state index contributed by atoms with van der Waals surface area (Å²) in [5, 5.41) is 3.15. The molecule has 1 amide bonds. The highest BCUT2D eigenvalue weighted by Crippen LogP contribution is 2.18. The number of nitrogens with one attached hydrogen (secondary N) is 1. The first-order valence-corrected chi connectivity index (χ1v) is 7.01. The molecule has 2 aromatic rings. The van der Waals surface area contributed by atoms with Crippen molar-refractivity contribution in [1.82, 2.24) is 10.3 Å². The average Bonchev–Trinajstić information content (AvgIpc) is 2.95. The minimum Gasteiger partial charge on any atom is -0.464 e. The van der Waals surface area contributed by atoms with E-state index in [-0.39, 0.29) is 17.1 Å². The number of hydrogen-bond donors (Lipinski definition) is 1. The van der Waals surface area contributed by atoms with Crippen molar-refractivity contribution >= 4 is 17.5 Å². The Morgan fingerprint density at radius 2 is 2.29 bits per heavy atom. The van der Waals surface area contributed by atoms with E-state index in [1.807, 2.05) is 19.1 Å². The third-order valence-corrected chi connectivity index (χ3v) is 3.21. The normalized spacial score (nSPS) is 12.1. The van der Waals surface area contributed by atoms with Crippen molar-refractivity contribution < 1.29 is 13.9 Å². The third kappa shape index (κ3) is 4.06. The number of rotatable bonds is 6. The topological polar surface area (TPSA) is 64.4 Å². The molecule has 2 heterocycles. The summed E-state index contributed by atoms with van der Waals surface area (Å²) in [5.41, 5.74) is 0.443. The summed E-state index contributed by atoms with van der Waals surface area (Å²) in [6.45, 7) is 2.33. The summed E-state index contributed by atoms with van der Waals surface area (Å²) in [6.07, 6.45) is 2.29. The van der Waals surface area contributed by atoms with Crippen LogP contribution in [0.25, 0.3) is 0 Å². The number of hydrogen-bond acceptors (Lipinski definition) is 4. The summed E-state index contributed by atoms with van der Waals surface area (Å²) in [6, 6.07) is 6.51. The number of methoxy groups -OCH3 is 1. The lowest BCUT2D eigenvalue weighted by Crippen LogP contribution is -2.31. The minimum absolute atomic E-state index is 0.254. The zero-order chi connectivity index (χ0) is 15.2. The summed E-state index contributed by atoms with van der Waals surface area (Å²) in [5.74, 6) is 1.28. The molecule has 0 aliphatic rings. The summed E-state index contributed by atoms with van der Waals surface area (Å²) in [7, 11) is 1.58. The zero-order valence-corrected chi connectivity index (χ0v) is 12.7. The Labute approximate surface area is 128 Å². The second kappa shape index (κ2) is 7.24. The Balaban J connectivity index is 2.14. The quantitative estimate of drug-likeness (QED) is 0.833. The van der Waals surface area contributed by atoms with Gasteiger partial charge < -0.3 is 14.5 Å². The lowest BCUT2D eigenvalue weighted by Gasteiger charge is -2.16. The van der Waals surface area contributed by atoms with Crippen LogP contribution >= 0.6 is 11.6 Å². The van der Waals surface area contributed by atoms with Gasteiger partial charge >= 0.3 is 0 Å². The maximum atomic E-state index is 12.2. The van der Waals surface area contributed by atoms with Crippen molar-refractivity contribution in [3.63, 3.8) is 0 Å². The van der Waals surface area contributed by atoms with Gasteiger partial charge in [0.2, 0.25) is 0 Å². The molecule has 0 fully saturated rings. The smallest absolute Gasteiger partial charge is 0.252 e. The summed E-state index contributed by atoms with van der Waals surface area (Å²) in [4.78, 5) is 16.1. The van der Waals surface area contributed by atoms with Crippen LogP contribution < -0.4 is 5.32 Å². The second-order valence-electron chi connectivity index (χ2n) is 4.51. The first-order chi connectivity index (χ1) is 10.1. The van der Waals surface area contributed by atoms with Crippen LogP contribution in [-0.4, -0.2) is 24.6 Å². The highest BCUT2D eigenvalue weighted by molar-refractivity contribution is 6.29. The van der Waals surface area contributed by atoms with Gasteiger partial charge in [0.15, 0.2) is 0 Å². The lowest BCUT2D eigenvalue weighted by molar-refractivity contribution is 0.0882. The van der Waals surface area contributed by atoms with Gasteiger partial charge in [-0.05, 0) is 24.3 Å². The third-order valence-electron chi connectivity index (χ3n) is 3.00. The predicted octanol–water partition coefficient (Wildman–Crippen LogP) is 3.01. The van der Waals surface area contributed by atoms with Crippen LogP contribution in [0.2, 0.25) is 5.15 Å². The van der Waals surface area contributed by atoms with Gasteiger partial charge in [-0.15, -0.1) is 0 Å². The maximum absolute atomic E-state index is 12.2. The van der Waals surface area contributed by atoms with Crippen molar-refractivity contribution in [2.75, 3.05) is 13.7 Å². The van der Waals surface area contributed by atoms with Crippen LogP contribution in [0.15, 0.2) is 34.9 Å². The van der Waals surface area contributed by atoms with Crippen LogP contribution in [0.4, 0.5) is 0 Å². The van der Waals surface area contributed by atoms with Crippen molar-refractivity contribution in [2.45, 2.75) is 19.4 Å². The van der Waals surface area contributed by atoms with E-state index in [4.69, 9.17) is 20.8 Å². The number of aryl methyl sites for hydroxylation is 1. The molecule has 6 heteroatoms. The van der Waals surface area contributed by atoms with Crippen LogP contribution in [0, 0.1) is 0 Å². The Morgan fingerprint density at radius 1 is 1.48 bits per heavy atom. The van der Waals surface area contributed by atoms with Gasteiger partial charge in [-0.3, -0.25) is 4.79 Å². The molecule has 0 aliphatic heterocycles.